The number of hydrogen-bond donors (Lipinski definition) is 2. The van der Waals surface area contributed by atoms with Crippen molar-refractivity contribution < 1.29 is 4.39 Å². The monoisotopic (exact) mass is 428 g/mol. The highest BCUT2D eigenvalue weighted by Gasteiger charge is 2.10. The number of aromatic nitrogens is 2. The Morgan fingerprint density at radius 3 is 2.46 bits per heavy atom. The lowest BCUT2D eigenvalue weighted by Gasteiger charge is -2.09. The summed E-state index contributed by atoms with van der Waals surface area (Å²) < 4.78 is 14.9. The first kappa shape index (κ1) is 18.9. The molecular weight excluding hydrogens is 418 g/mol. The predicted molar refractivity (Wildman–Crippen MR) is 109 cm³/mol. The van der Waals surface area contributed by atoms with Gasteiger partial charge in [0, 0.05) is 16.9 Å². The second-order valence-electron chi connectivity index (χ2n) is 5.36. The summed E-state index contributed by atoms with van der Waals surface area (Å²) in [6, 6.07) is 11.7. The van der Waals surface area contributed by atoms with E-state index in [1.807, 2.05) is 24.3 Å². The largest absolute Gasteiger partial charge is 0.332 e. The molecule has 3 aromatic rings. The Morgan fingerprint density at radius 1 is 1.04 bits per heavy atom. The first-order valence-corrected chi connectivity index (χ1v) is 8.95. The molecule has 0 fully saturated rings. The Labute approximate surface area is 169 Å². The van der Waals surface area contributed by atoms with E-state index in [4.69, 9.17) is 47.0 Å². The van der Waals surface area contributed by atoms with Gasteiger partial charge in [0.1, 0.15) is 10.8 Å². The number of hydrogen-bond acceptors (Lipinski definition) is 2. The molecule has 1 aromatic heterocycles. The zero-order valence-electron chi connectivity index (χ0n) is 13.1. The van der Waals surface area contributed by atoms with Crippen molar-refractivity contribution in [3.8, 4) is 0 Å². The normalized spacial score (nSPS) is 10.6. The highest BCUT2D eigenvalue weighted by molar-refractivity contribution is 7.80. The fraction of sp³-hybridized carbons (Fsp3) is 0.0588. The van der Waals surface area contributed by atoms with Crippen LogP contribution in [0, 0.1) is 5.82 Å². The fourth-order valence-corrected chi connectivity index (χ4v) is 2.90. The van der Waals surface area contributed by atoms with Crippen LogP contribution in [-0.4, -0.2) is 14.9 Å². The minimum absolute atomic E-state index is 0.00285. The third-order valence-electron chi connectivity index (χ3n) is 3.38. The van der Waals surface area contributed by atoms with Crippen molar-refractivity contribution in [2.75, 3.05) is 10.6 Å². The van der Waals surface area contributed by atoms with Gasteiger partial charge in [-0.05, 0) is 48.1 Å². The molecule has 2 aromatic carbocycles. The van der Waals surface area contributed by atoms with Crippen molar-refractivity contribution in [2.45, 2.75) is 6.54 Å². The average Bonchev–Trinajstić information content (AvgIpc) is 2.92. The highest BCUT2D eigenvalue weighted by atomic mass is 35.5. The Kier molecular flexibility index (Phi) is 5.98. The molecule has 0 radical (unpaired) electrons. The topological polar surface area (TPSA) is 41.9 Å². The van der Waals surface area contributed by atoms with Crippen LogP contribution in [-0.2, 0) is 6.54 Å². The van der Waals surface area contributed by atoms with E-state index in [1.165, 1.54) is 18.2 Å². The van der Waals surface area contributed by atoms with E-state index in [1.54, 1.807) is 10.9 Å². The third kappa shape index (κ3) is 4.86. The van der Waals surface area contributed by atoms with E-state index in [-0.39, 0.29) is 10.1 Å². The zero-order chi connectivity index (χ0) is 18.7. The predicted octanol–water partition coefficient (Wildman–Crippen LogP) is 5.84. The second-order valence-corrected chi connectivity index (χ2v) is 7.02. The van der Waals surface area contributed by atoms with Gasteiger partial charge in [0.05, 0.1) is 11.6 Å². The molecule has 134 valence electrons. The van der Waals surface area contributed by atoms with Gasteiger partial charge in [0.25, 0.3) is 0 Å². The second kappa shape index (κ2) is 8.22. The number of nitrogens with one attached hydrogen (secondary N) is 2. The molecule has 26 heavy (non-hydrogen) atoms. The first-order chi connectivity index (χ1) is 12.4. The van der Waals surface area contributed by atoms with Crippen molar-refractivity contribution in [1.29, 1.82) is 0 Å². The lowest BCUT2D eigenvalue weighted by Crippen LogP contribution is -2.19. The van der Waals surface area contributed by atoms with E-state index in [2.05, 4.69) is 15.7 Å². The molecule has 0 aliphatic carbocycles. The van der Waals surface area contributed by atoms with Gasteiger partial charge < -0.3 is 10.6 Å². The molecular formula is C17H12Cl3FN4S. The summed E-state index contributed by atoms with van der Waals surface area (Å²) in [5.74, 6) is -0.0913. The van der Waals surface area contributed by atoms with Gasteiger partial charge in [0.15, 0.2) is 10.9 Å². The summed E-state index contributed by atoms with van der Waals surface area (Å²) in [4.78, 5) is 0. The van der Waals surface area contributed by atoms with Gasteiger partial charge in [-0.2, -0.15) is 5.10 Å². The van der Waals surface area contributed by atoms with Gasteiger partial charge >= 0.3 is 0 Å². The van der Waals surface area contributed by atoms with E-state index < -0.39 is 5.82 Å². The van der Waals surface area contributed by atoms with Gasteiger partial charge in [0.2, 0.25) is 0 Å². The number of halogens is 4. The quantitative estimate of drug-likeness (QED) is 0.511. The van der Waals surface area contributed by atoms with Gasteiger partial charge in [-0.15, -0.1) is 0 Å². The summed E-state index contributed by atoms with van der Waals surface area (Å²) in [6.07, 6.45) is 1.69. The molecule has 4 nitrogen and oxygen atoms in total. The molecule has 0 saturated carbocycles. The molecule has 0 unspecified atom stereocenters. The van der Waals surface area contributed by atoms with E-state index in [0.717, 1.165) is 5.56 Å². The lowest BCUT2D eigenvalue weighted by molar-refractivity contribution is 0.628. The maximum absolute atomic E-state index is 13.2. The highest BCUT2D eigenvalue weighted by Crippen LogP contribution is 2.22. The standard InChI is InChI=1S/C17H12Cl3FN4S/c18-11-3-1-10(2-4-11)8-25-9-14(20)16(24-25)23-17(26)22-12-5-6-15(21)13(19)7-12/h1-7,9H,8H2,(H2,22,23,24,26). The Hall–Kier alpha value is -1.86. The lowest BCUT2D eigenvalue weighted by atomic mass is 10.2. The summed E-state index contributed by atoms with van der Waals surface area (Å²) in [6.45, 7) is 0.534. The molecule has 0 saturated heterocycles. The molecule has 0 aliphatic rings. The fourth-order valence-electron chi connectivity index (χ4n) is 2.18. The van der Waals surface area contributed by atoms with E-state index in [9.17, 15) is 4.39 Å². The molecule has 2 N–H and O–H groups in total. The van der Waals surface area contributed by atoms with Gasteiger partial charge in [-0.25, -0.2) is 4.39 Å². The molecule has 0 aliphatic heterocycles. The molecule has 1 heterocycles. The summed E-state index contributed by atoms with van der Waals surface area (Å²) >= 11 is 23.1. The van der Waals surface area contributed by atoms with Crippen molar-refractivity contribution in [1.82, 2.24) is 9.78 Å². The maximum atomic E-state index is 13.2. The van der Waals surface area contributed by atoms with Crippen molar-refractivity contribution in [3.63, 3.8) is 0 Å². The van der Waals surface area contributed by atoms with Crippen LogP contribution < -0.4 is 10.6 Å². The molecule has 9 heteroatoms. The molecule has 3 rings (SSSR count). The Morgan fingerprint density at radius 2 is 1.77 bits per heavy atom. The summed E-state index contributed by atoms with van der Waals surface area (Å²) in [5.41, 5.74) is 1.58. The van der Waals surface area contributed by atoms with Crippen molar-refractivity contribution >= 4 is 63.6 Å². The average molecular weight is 430 g/mol. The van der Waals surface area contributed by atoms with E-state index in [0.29, 0.717) is 28.1 Å². The van der Waals surface area contributed by atoms with Crippen LogP contribution in [0.2, 0.25) is 15.1 Å². The Balaban J connectivity index is 1.65. The van der Waals surface area contributed by atoms with Crippen molar-refractivity contribution in [3.05, 3.63) is 75.1 Å². The van der Waals surface area contributed by atoms with Crippen LogP contribution in [0.5, 0.6) is 0 Å². The Bertz CT molecular complexity index is 944. The van der Waals surface area contributed by atoms with Crippen molar-refractivity contribution in [2.24, 2.45) is 0 Å². The van der Waals surface area contributed by atoms with Crippen LogP contribution in [0.3, 0.4) is 0 Å². The number of thiocarbonyl (C=S) groups is 1. The maximum Gasteiger partial charge on any atom is 0.176 e. The first-order valence-electron chi connectivity index (χ1n) is 7.41. The number of benzene rings is 2. The van der Waals surface area contributed by atoms with Gasteiger partial charge in [-0.1, -0.05) is 46.9 Å². The number of anilines is 2. The number of rotatable bonds is 4. The SMILES string of the molecule is Fc1ccc(NC(=S)Nc2nn(Cc3ccc(Cl)cc3)cc2Cl)cc1Cl. The minimum atomic E-state index is -0.500. The van der Waals surface area contributed by atoms with Crippen LogP contribution in [0.1, 0.15) is 5.56 Å². The third-order valence-corrected chi connectivity index (χ3v) is 4.41. The molecule has 0 bridgehead atoms. The van der Waals surface area contributed by atoms with Crippen LogP contribution in [0.15, 0.2) is 48.7 Å². The zero-order valence-corrected chi connectivity index (χ0v) is 16.2. The number of nitrogens with zero attached hydrogens (tertiary/aromatic N) is 2. The van der Waals surface area contributed by atoms with Gasteiger partial charge in [-0.3, -0.25) is 4.68 Å². The summed E-state index contributed by atoms with van der Waals surface area (Å²) in [5, 5.41) is 11.5. The molecule has 0 amide bonds. The summed E-state index contributed by atoms with van der Waals surface area (Å²) in [7, 11) is 0. The minimum Gasteiger partial charge on any atom is -0.332 e. The van der Waals surface area contributed by atoms with Crippen LogP contribution in [0.4, 0.5) is 15.9 Å². The molecule has 0 atom stereocenters. The van der Waals surface area contributed by atoms with E-state index >= 15 is 0 Å². The van der Waals surface area contributed by atoms with Crippen LogP contribution in [0.25, 0.3) is 0 Å². The van der Waals surface area contributed by atoms with Crippen LogP contribution >= 0.6 is 47.0 Å². The smallest absolute Gasteiger partial charge is 0.176 e. The molecule has 0 spiro atoms.